The van der Waals surface area contributed by atoms with Gasteiger partial charge in [0.25, 0.3) is 0 Å². The Morgan fingerprint density at radius 1 is 1.16 bits per heavy atom. The van der Waals surface area contributed by atoms with Gasteiger partial charge in [0.2, 0.25) is 0 Å². The first-order valence-corrected chi connectivity index (χ1v) is 6.08. The number of ketones is 1. The zero-order valence-electron chi connectivity index (χ0n) is 10.8. The van der Waals surface area contributed by atoms with Crippen LogP contribution in [0.25, 0.3) is 0 Å². The number of hydrogen-bond acceptors (Lipinski definition) is 2. The summed E-state index contributed by atoms with van der Waals surface area (Å²) in [5, 5.41) is 0. The van der Waals surface area contributed by atoms with E-state index in [1.54, 1.807) is 13.0 Å². The summed E-state index contributed by atoms with van der Waals surface area (Å²) in [6.07, 6.45) is -0.835. The molecule has 0 aliphatic carbocycles. The molecule has 0 radical (unpaired) electrons. The first-order chi connectivity index (χ1) is 8.59. The van der Waals surface area contributed by atoms with Crippen LogP contribution in [0.4, 0.5) is 13.2 Å². The predicted octanol–water partition coefficient (Wildman–Crippen LogP) is 4.96. The third-order valence-corrected chi connectivity index (χ3v) is 3.30. The highest BCUT2D eigenvalue weighted by Gasteiger charge is 2.29. The molecular formula is C14H15F3OS. The second-order valence-electron chi connectivity index (χ2n) is 3.62. The second-order valence-corrected chi connectivity index (χ2v) is 4.75. The van der Waals surface area contributed by atoms with E-state index >= 15 is 0 Å². The third-order valence-electron chi connectivity index (χ3n) is 2.05. The van der Waals surface area contributed by atoms with Gasteiger partial charge in [-0.05, 0) is 19.4 Å². The molecular weight excluding hydrogens is 273 g/mol. The Balaban J connectivity index is 4.70. The van der Waals surface area contributed by atoms with Crippen LogP contribution in [0.2, 0.25) is 0 Å². The highest BCUT2D eigenvalue weighted by molar-refractivity contribution is 8.07. The van der Waals surface area contributed by atoms with E-state index in [1.807, 2.05) is 0 Å². The molecule has 0 aromatic carbocycles. The minimum atomic E-state index is -4.46. The van der Waals surface area contributed by atoms with Gasteiger partial charge in [-0.3, -0.25) is 4.79 Å². The van der Waals surface area contributed by atoms with Crippen molar-refractivity contribution in [3.05, 3.63) is 58.9 Å². The van der Waals surface area contributed by atoms with E-state index in [-0.39, 0.29) is 5.78 Å². The monoisotopic (exact) mass is 288 g/mol. The minimum Gasteiger partial charge on any atom is -0.294 e. The van der Waals surface area contributed by atoms with Crippen molar-refractivity contribution in [1.29, 1.82) is 0 Å². The van der Waals surface area contributed by atoms with Gasteiger partial charge in [0.05, 0.1) is 4.91 Å². The topological polar surface area (TPSA) is 17.1 Å². The van der Waals surface area contributed by atoms with E-state index in [0.29, 0.717) is 15.4 Å². The number of alkyl halides is 3. The van der Waals surface area contributed by atoms with E-state index in [9.17, 15) is 18.0 Å². The Labute approximate surface area is 115 Å². The zero-order chi connectivity index (χ0) is 15.2. The summed E-state index contributed by atoms with van der Waals surface area (Å²) in [5.41, 5.74) is -0.666. The van der Waals surface area contributed by atoms with Crippen molar-refractivity contribution in [2.24, 2.45) is 0 Å². The average Bonchev–Trinajstić information content (AvgIpc) is 2.30. The molecule has 0 amide bonds. The largest absolute Gasteiger partial charge is 0.415 e. The van der Waals surface area contributed by atoms with Crippen molar-refractivity contribution < 1.29 is 18.0 Å². The Kier molecular flexibility index (Phi) is 6.62. The number of Topliss-reactive ketones (excluding diaryl/α,β-unsaturated/α-hetero) is 1. The van der Waals surface area contributed by atoms with Crippen LogP contribution in [0.15, 0.2) is 58.9 Å². The average molecular weight is 288 g/mol. The normalized spacial score (nSPS) is 12.6. The van der Waals surface area contributed by atoms with Gasteiger partial charge in [0.1, 0.15) is 0 Å². The molecule has 0 saturated heterocycles. The highest BCUT2D eigenvalue weighted by Crippen LogP contribution is 2.31. The summed E-state index contributed by atoms with van der Waals surface area (Å²) in [6, 6.07) is 0. The molecule has 0 N–H and O–H groups in total. The molecule has 19 heavy (non-hydrogen) atoms. The van der Waals surface area contributed by atoms with Gasteiger partial charge in [0, 0.05) is 10.5 Å². The molecule has 0 rings (SSSR count). The maximum Gasteiger partial charge on any atom is 0.415 e. The lowest BCUT2D eigenvalue weighted by Gasteiger charge is -2.08. The lowest BCUT2D eigenvalue weighted by molar-refractivity contribution is -0.113. The van der Waals surface area contributed by atoms with Crippen LogP contribution in [-0.4, -0.2) is 12.0 Å². The van der Waals surface area contributed by atoms with Crippen LogP contribution >= 0.6 is 11.8 Å². The summed E-state index contributed by atoms with van der Waals surface area (Å²) in [7, 11) is 0. The van der Waals surface area contributed by atoms with Gasteiger partial charge >= 0.3 is 6.18 Å². The molecule has 0 unspecified atom stereocenters. The molecule has 1 nitrogen and oxygen atoms in total. The molecule has 0 saturated carbocycles. The van der Waals surface area contributed by atoms with Gasteiger partial charge in [-0.1, -0.05) is 49.7 Å². The molecule has 0 bridgehead atoms. The lowest BCUT2D eigenvalue weighted by atomic mass is 10.2. The van der Waals surface area contributed by atoms with Crippen molar-refractivity contribution in [3.8, 4) is 0 Å². The first kappa shape index (κ1) is 17.5. The number of carbonyl (C=O) groups excluding carboxylic acids is 1. The molecule has 0 spiro atoms. The molecule has 0 fully saturated rings. The number of halogens is 3. The SMILES string of the molecule is C=C(/C=C\C(=C)C(F)(F)F)C(=C)S/C(=C\C)C(C)=O. The number of rotatable bonds is 6. The van der Waals surface area contributed by atoms with Crippen molar-refractivity contribution >= 4 is 17.5 Å². The molecule has 0 aromatic rings. The van der Waals surface area contributed by atoms with E-state index in [4.69, 9.17) is 0 Å². The van der Waals surface area contributed by atoms with Gasteiger partial charge in [-0.15, -0.1) is 0 Å². The Bertz CT molecular complexity index is 468. The van der Waals surface area contributed by atoms with Crippen molar-refractivity contribution in [2.75, 3.05) is 0 Å². The Hall–Kier alpha value is -1.49. The summed E-state index contributed by atoms with van der Waals surface area (Å²) >= 11 is 1.08. The van der Waals surface area contributed by atoms with E-state index < -0.39 is 11.7 Å². The van der Waals surface area contributed by atoms with Crippen LogP contribution < -0.4 is 0 Å². The molecule has 0 aliphatic heterocycles. The van der Waals surface area contributed by atoms with Gasteiger partial charge in [0.15, 0.2) is 5.78 Å². The summed E-state index contributed by atoms with van der Waals surface area (Å²) in [5.74, 6) is -0.134. The van der Waals surface area contributed by atoms with Crippen LogP contribution in [0.5, 0.6) is 0 Å². The Morgan fingerprint density at radius 3 is 2.05 bits per heavy atom. The fourth-order valence-corrected chi connectivity index (χ4v) is 1.65. The van der Waals surface area contributed by atoms with Crippen molar-refractivity contribution in [3.63, 3.8) is 0 Å². The van der Waals surface area contributed by atoms with Crippen LogP contribution in [-0.2, 0) is 4.79 Å². The number of hydrogen-bond donors (Lipinski definition) is 0. The van der Waals surface area contributed by atoms with Gasteiger partial charge in [-0.2, -0.15) is 13.2 Å². The fourth-order valence-electron chi connectivity index (χ4n) is 0.921. The maximum absolute atomic E-state index is 12.2. The summed E-state index contributed by atoms with van der Waals surface area (Å²) in [4.78, 5) is 12.1. The fraction of sp³-hybridized carbons (Fsp3) is 0.214. The maximum atomic E-state index is 12.2. The van der Waals surface area contributed by atoms with Crippen LogP contribution in [0, 0.1) is 0 Å². The van der Waals surface area contributed by atoms with E-state index in [0.717, 1.165) is 17.8 Å². The first-order valence-electron chi connectivity index (χ1n) is 5.27. The lowest BCUT2D eigenvalue weighted by Crippen LogP contribution is -2.08. The number of thioether (sulfide) groups is 1. The molecule has 0 atom stereocenters. The summed E-state index contributed by atoms with van der Waals surface area (Å²) in [6.45, 7) is 13.3. The van der Waals surface area contributed by atoms with Gasteiger partial charge < -0.3 is 0 Å². The minimum absolute atomic E-state index is 0.134. The quantitative estimate of drug-likeness (QED) is 0.507. The Morgan fingerprint density at radius 2 is 1.68 bits per heavy atom. The van der Waals surface area contributed by atoms with Gasteiger partial charge in [-0.25, -0.2) is 0 Å². The smallest absolute Gasteiger partial charge is 0.294 e. The number of allylic oxidation sites excluding steroid dienone is 6. The van der Waals surface area contributed by atoms with E-state index in [1.165, 1.54) is 13.0 Å². The van der Waals surface area contributed by atoms with Crippen molar-refractivity contribution in [1.82, 2.24) is 0 Å². The molecule has 104 valence electrons. The standard InChI is InChI=1S/C14H15F3OS/c1-6-13(11(4)18)19-12(5)9(2)7-8-10(3)14(15,16)17/h6-8H,2-3,5H2,1,4H3/b8-7-,13-6-. The van der Waals surface area contributed by atoms with Crippen LogP contribution in [0.3, 0.4) is 0 Å². The second kappa shape index (κ2) is 7.19. The molecule has 0 aromatic heterocycles. The number of carbonyl (C=O) groups is 1. The third kappa shape index (κ3) is 6.29. The molecule has 0 aliphatic rings. The highest BCUT2D eigenvalue weighted by atomic mass is 32.2. The van der Waals surface area contributed by atoms with E-state index in [2.05, 4.69) is 19.7 Å². The molecule has 5 heteroatoms. The predicted molar refractivity (Wildman–Crippen MR) is 74.6 cm³/mol. The molecule has 0 heterocycles. The van der Waals surface area contributed by atoms with Crippen LogP contribution in [0.1, 0.15) is 13.8 Å². The summed E-state index contributed by atoms with van der Waals surface area (Å²) < 4.78 is 36.6. The van der Waals surface area contributed by atoms with Crippen molar-refractivity contribution in [2.45, 2.75) is 20.0 Å². The zero-order valence-corrected chi connectivity index (χ0v) is 11.6.